The number of unbranched alkanes of at least 4 members (excludes halogenated alkanes) is 3. The van der Waals surface area contributed by atoms with Crippen LogP contribution in [0.2, 0.25) is 0 Å². The van der Waals surface area contributed by atoms with E-state index in [0.717, 1.165) is 47.4 Å². The van der Waals surface area contributed by atoms with Crippen LogP contribution >= 0.6 is 11.3 Å². The zero-order valence-electron chi connectivity index (χ0n) is 17.7. The molecule has 2 aromatic carbocycles. The van der Waals surface area contributed by atoms with E-state index in [2.05, 4.69) is 29.6 Å². The summed E-state index contributed by atoms with van der Waals surface area (Å²) in [6, 6.07) is 19.4. The van der Waals surface area contributed by atoms with Gasteiger partial charge in [-0.2, -0.15) is 0 Å². The van der Waals surface area contributed by atoms with Crippen LogP contribution in [-0.2, 0) is 6.42 Å². The number of aryl methyl sites for hydroxylation is 2. The number of thiophene rings is 1. The third-order valence-corrected chi connectivity index (χ3v) is 6.03. The summed E-state index contributed by atoms with van der Waals surface area (Å²) in [5, 5.41) is 2.80. The third kappa shape index (κ3) is 6.96. The fraction of sp³-hybridized carbons (Fsp3) is 0.280. The summed E-state index contributed by atoms with van der Waals surface area (Å²) in [7, 11) is 0. The Morgan fingerprint density at radius 1 is 0.968 bits per heavy atom. The molecule has 0 saturated carbocycles. The topological polar surface area (TPSA) is 81.4 Å². The maximum absolute atomic E-state index is 12.1. The number of carbonyl (C=O) groups excluding carboxylic acids is 2. The fourth-order valence-electron chi connectivity index (χ4n) is 3.40. The van der Waals surface area contributed by atoms with E-state index < -0.39 is 12.0 Å². The Kier molecular flexibility index (Phi) is 8.24. The molecule has 162 valence electrons. The fourth-order valence-corrected chi connectivity index (χ4v) is 4.41. The molecular formula is C25H28N2O3S. The zero-order chi connectivity index (χ0) is 22.1. The molecule has 0 aliphatic rings. The predicted molar refractivity (Wildman–Crippen MR) is 126 cm³/mol. The number of amides is 2. The molecule has 0 unspecified atom stereocenters. The van der Waals surface area contributed by atoms with Gasteiger partial charge in [0.1, 0.15) is 5.75 Å². The minimum absolute atomic E-state index is 0.430. The van der Waals surface area contributed by atoms with E-state index in [4.69, 9.17) is 10.5 Å². The van der Waals surface area contributed by atoms with Crippen molar-refractivity contribution in [2.24, 2.45) is 5.73 Å². The van der Waals surface area contributed by atoms with Crippen LogP contribution in [0.25, 0.3) is 10.4 Å². The number of hydrogen-bond donors (Lipinski definition) is 2. The van der Waals surface area contributed by atoms with Crippen LogP contribution in [0.3, 0.4) is 0 Å². The van der Waals surface area contributed by atoms with Crippen LogP contribution < -0.4 is 15.8 Å². The van der Waals surface area contributed by atoms with Crippen LogP contribution in [0, 0.1) is 6.92 Å². The molecule has 5 nitrogen and oxygen atoms in total. The van der Waals surface area contributed by atoms with Gasteiger partial charge in [-0.05, 0) is 55.5 Å². The van der Waals surface area contributed by atoms with E-state index in [0.29, 0.717) is 17.9 Å². The summed E-state index contributed by atoms with van der Waals surface area (Å²) in [5.74, 6) is -0.0356. The number of nitrogens with one attached hydrogen (secondary N) is 1. The molecule has 3 aromatic rings. The molecule has 0 aliphatic heterocycles. The first-order chi connectivity index (χ1) is 15.0. The molecule has 0 bridgehead atoms. The maximum atomic E-state index is 12.1. The van der Waals surface area contributed by atoms with Gasteiger partial charge in [-0.3, -0.25) is 4.79 Å². The van der Waals surface area contributed by atoms with E-state index in [-0.39, 0.29) is 0 Å². The Balaban J connectivity index is 1.41. The quantitative estimate of drug-likeness (QED) is 0.399. The number of rotatable bonds is 10. The standard InChI is InChI=1S/C25H28N2O3S/c1-18-16-22(24(26)28)23(31-18)20-13-9-14-21(17-20)30-25(29)27-15-8-3-2-5-10-19-11-6-4-7-12-19/h4,6-7,9,11-14,16-17H,2-3,5,8,10,15H2,1H3,(H2,26,28)(H,27,29). The first-order valence-electron chi connectivity index (χ1n) is 10.5. The van der Waals surface area contributed by atoms with Crippen LogP contribution in [0.4, 0.5) is 4.79 Å². The van der Waals surface area contributed by atoms with Crippen molar-refractivity contribution in [1.29, 1.82) is 0 Å². The highest BCUT2D eigenvalue weighted by Crippen LogP contribution is 2.34. The Hall–Kier alpha value is -3.12. The largest absolute Gasteiger partial charge is 0.412 e. The minimum atomic E-state index is -0.473. The van der Waals surface area contributed by atoms with Gasteiger partial charge in [0.25, 0.3) is 0 Å². The van der Waals surface area contributed by atoms with Crippen molar-refractivity contribution >= 4 is 23.3 Å². The highest BCUT2D eigenvalue weighted by molar-refractivity contribution is 7.15. The lowest BCUT2D eigenvalue weighted by atomic mass is 10.1. The molecule has 0 spiro atoms. The average molecular weight is 437 g/mol. The number of benzene rings is 2. The molecule has 3 rings (SSSR count). The van der Waals surface area contributed by atoms with E-state index in [9.17, 15) is 9.59 Å². The van der Waals surface area contributed by atoms with Crippen molar-refractivity contribution in [2.75, 3.05) is 6.54 Å². The second-order valence-electron chi connectivity index (χ2n) is 7.46. The maximum Gasteiger partial charge on any atom is 0.412 e. The Morgan fingerprint density at radius 2 is 1.74 bits per heavy atom. The Morgan fingerprint density at radius 3 is 2.52 bits per heavy atom. The number of carbonyl (C=O) groups is 2. The smallest absolute Gasteiger partial charge is 0.410 e. The van der Waals surface area contributed by atoms with Crippen LogP contribution in [0.1, 0.15) is 46.5 Å². The molecule has 31 heavy (non-hydrogen) atoms. The van der Waals surface area contributed by atoms with E-state index >= 15 is 0 Å². The molecule has 2 amide bonds. The predicted octanol–water partition coefficient (Wildman–Crippen LogP) is 5.71. The third-order valence-electron chi connectivity index (χ3n) is 4.93. The average Bonchev–Trinajstić information content (AvgIpc) is 3.16. The lowest BCUT2D eigenvalue weighted by molar-refractivity contribution is 0.100. The lowest BCUT2D eigenvalue weighted by Gasteiger charge is -2.08. The molecule has 0 saturated heterocycles. The summed E-state index contributed by atoms with van der Waals surface area (Å²) >= 11 is 1.49. The molecule has 0 aliphatic carbocycles. The molecule has 0 radical (unpaired) electrons. The van der Waals surface area contributed by atoms with Gasteiger partial charge in [-0.25, -0.2) is 4.79 Å². The van der Waals surface area contributed by atoms with Crippen molar-refractivity contribution in [3.05, 3.63) is 76.7 Å². The summed E-state index contributed by atoms with van der Waals surface area (Å²) in [4.78, 5) is 25.6. The summed E-state index contributed by atoms with van der Waals surface area (Å²) in [6.45, 7) is 2.51. The van der Waals surface area contributed by atoms with Crippen LogP contribution in [0.5, 0.6) is 5.75 Å². The van der Waals surface area contributed by atoms with Gasteiger partial charge in [-0.1, -0.05) is 55.3 Å². The van der Waals surface area contributed by atoms with Crippen molar-refractivity contribution < 1.29 is 14.3 Å². The molecule has 0 fully saturated rings. The van der Waals surface area contributed by atoms with Gasteiger partial charge in [0.15, 0.2) is 0 Å². The van der Waals surface area contributed by atoms with Crippen molar-refractivity contribution in [3.8, 4) is 16.2 Å². The van der Waals surface area contributed by atoms with Crippen molar-refractivity contribution in [3.63, 3.8) is 0 Å². The Bertz CT molecular complexity index is 1010. The highest BCUT2D eigenvalue weighted by atomic mass is 32.1. The van der Waals surface area contributed by atoms with Crippen molar-refractivity contribution in [1.82, 2.24) is 5.32 Å². The second-order valence-corrected chi connectivity index (χ2v) is 8.71. The molecule has 1 aromatic heterocycles. The van der Waals surface area contributed by atoms with Crippen LogP contribution in [-0.4, -0.2) is 18.5 Å². The minimum Gasteiger partial charge on any atom is -0.410 e. The highest BCUT2D eigenvalue weighted by Gasteiger charge is 2.15. The number of ether oxygens (including phenoxy) is 1. The Labute approximate surface area is 187 Å². The summed E-state index contributed by atoms with van der Waals surface area (Å²) < 4.78 is 5.41. The summed E-state index contributed by atoms with van der Waals surface area (Å²) in [6.07, 6.45) is 4.89. The first kappa shape index (κ1) is 22.6. The first-order valence-corrected chi connectivity index (χ1v) is 11.3. The second kappa shape index (κ2) is 11.3. The van der Waals surface area contributed by atoms with Crippen molar-refractivity contribution in [2.45, 2.75) is 39.0 Å². The van der Waals surface area contributed by atoms with Gasteiger partial charge in [0.05, 0.1) is 5.56 Å². The van der Waals surface area contributed by atoms with Gasteiger partial charge in [-0.15, -0.1) is 11.3 Å². The number of primary amides is 1. The molecule has 6 heteroatoms. The van der Waals surface area contributed by atoms with E-state index in [1.807, 2.05) is 19.1 Å². The monoisotopic (exact) mass is 436 g/mol. The number of nitrogens with two attached hydrogens (primary N) is 1. The molecular weight excluding hydrogens is 408 g/mol. The lowest BCUT2D eigenvalue weighted by Crippen LogP contribution is -2.27. The normalized spacial score (nSPS) is 10.6. The van der Waals surface area contributed by atoms with Gasteiger partial charge >= 0.3 is 6.09 Å². The summed E-state index contributed by atoms with van der Waals surface area (Å²) in [5.41, 5.74) is 8.14. The van der Waals surface area contributed by atoms with E-state index in [1.165, 1.54) is 16.9 Å². The molecule has 1 heterocycles. The van der Waals surface area contributed by atoms with Gasteiger partial charge in [0, 0.05) is 16.3 Å². The van der Waals surface area contributed by atoms with E-state index in [1.54, 1.807) is 24.3 Å². The molecule has 3 N–H and O–H groups in total. The SMILES string of the molecule is Cc1cc(C(N)=O)c(-c2cccc(OC(=O)NCCCCCCc3ccccc3)c2)s1. The number of hydrogen-bond acceptors (Lipinski definition) is 4. The van der Waals surface area contributed by atoms with Gasteiger partial charge in [0.2, 0.25) is 5.91 Å². The van der Waals surface area contributed by atoms with Gasteiger partial charge < -0.3 is 15.8 Å². The zero-order valence-corrected chi connectivity index (χ0v) is 18.5. The molecule has 0 atom stereocenters. The van der Waals surface area contributed by atoms with Crippen LogP contribution in [0.15, 0.2) is 60.7 Å².